The second-order valence-corrected chi connectivity index (χ2v) is 10.9. The number of carbonyl (C=O) groups is 1. The molecule has 1 spiro atoms. The van der Waals surface area contributed by atoms with Crippen molar-refractivity contribution in [2.45, 2.75) is 76.5 Å². The minimum atomic E-state index is -0.929. The fourth-order valence-corrected chi connectivity index (χ4v) is 7.00. The maximum atomic E-state index is 13.0. The lowest BCUT2D eigenvalue weighted by Gasteiger charge is -2.60. The van der Waals surface area contributed by atoms with Crippen LogP contribution in [0.5, 0.6) is 0 Å². The lowest BCUT2D eigenvalue weighted by molar-refractivity contribution is -0.578. The first-order valence-corrected chi connectivity index (χ1v) is 12.8. The fourth-order valence-electron chi connectivity index (χ4n) is 7.00. The highest BCUT2D eigenvalue weighted by Gasteiger charge is 2.69. The van der Waals surface area contributed by atoms with Gasteiger partial charge in [-0.2, -0.15) is 0 Å². The molecule has 0 N–H and O–H groups in total. The lowest BCUT2D eigenvalue weighted by atomic mass is 9.58. The molecule has 7 nitrogen and oxygen atoms in total. The van der Waals surface area contributed by atoms with E-state index in [2.05, 4.69) is 13.8 Å². The summed E-state index contributed by atoms with van der Waals surface area (Å²) in [6.07, 6.45) is 1.54. The van der Waals surface area contributed by atoms with Crippen molar-refractivity contribution < 1.29 is 33.5 Å². The van der Waals surface area contributed by atoms with E-state index in [-0.39, 0.29) is 17.8 Å². The van der Waals surface area contributed by atoms with Gasteiger partial charge in [0.15, 0.2) is 24.3 Å². The van der Waals surface area contributed by atoms with Crippen LogP contribution in [0.1, 0.15) is 58.1 Å². The molecule has 4 aliphatic heterocycles. The smallest absolute Gasteiger partial charge is 0.339 e. The Bertz CT molecular complexity index is 1110. The molecule has 9 atom stereocenters. The van der Waals surface area contributed by atoms with Crippen molar-refractivity contribution in [1.82, 2.24) is 0 Å². The molecule has 2 aromatic carbocycles. The van der Waals surface area contributed by atoms with Crippen LogP contribution in [0.3, 0.4) is 0 Å². The number of rotatable bonds is 4. The van der Waals surface area contributed by atoms with Crippen molar-refractivity contribution >= 4 is 16.7 Å². The number of ether oxygens (including phenoxy) is 4. The molecule has 35 heavy (non-hydrogen) atoms. The Kier molecular flexibility index (Phi) is 5.69. The highest BCUT2D eigenvalue weighted by atomic mass is 17.3. The minimum Gasteiger partial charge on any atom is -0.467 e. The summed E-state index contributed by atoms with van der Waals surface area (Å²) in [5.41, 5.74) is 0.0868. The van der Waals surface area contributed by atoms with E-state index in [0.29, 0.717) is 5.92 Å². The molecule has 2 aromatic rings. The van der Waals surface area contributed by atoms with E-state index in [1.54, 1.807) is 0 Å². The molecule has 5 aliphatic rings. The quantitative estimate of drug-likeness (QED) is 0.434. The Morgan fingerprint density at radius 2 is 1.83 bits per heavy atom. The van der Waals surface area contributed by atoms with Gasteiger partial charge in [0.05, 0.1) is 7.11 Å². The molecular formula is C28H34O7. The third-order valence-corrected chi connectivity index (χ3v) is 8.89. The number of esters is 1. The zero-order valence-electron chi connectivity index (χ0n) is 20.8. The van der Waals surface area contributed by atoms with Crippen LogP contribution in [0.25, 0.3) is 10.8 Å². The van der Waals surface area contributed by atoms with Crippen LogP contribution in [-0.4, -0.2) is 37.0 Å². The molecule has 1 aliphatic carbocycles. The summed E-state index contributed by atoms with van der Waals surface area (Å²) in [6.45, 7) is 6.31. The zero-order chi connectivity index (χ0) is 24.4. The third kappa shape index (κ3) is 3.55. The molecular weight excluding hydrogens is 448 g/mol. The molecule has 1 saturated carbocycles. The summed E-state index contributed by atoms with van der Waals surface area (Å²) in [6, 6.07) is 13.8. The molecule has 2 unspecified atom stereocenters. The van der Waals surface area contributed by atoms with E-state index in [9.17, 15) is 4.79 Å². The number of methoxy groups -OCH3 is 1. The van der Waals surface area contributed by atoms with Crippen LogP contribution in [0, 0.1) is 23.7 Å². The van der Waals surface area contributed by atoms with Gasteiger partial charge in [-0.15, -0.1) is 0 Å². The standard InChI is InChI=1S/C28H34O7/c1-16-12-13-22-17(2)25(32-26-28(22)21(16)14-15-27(3,33-26)34-35-28)31-23(24(29)30-4)20-11-7-9-18-8-5-6-10-19(18)20/h5-11,16-17,21-23,25-26H,12-15H2,1-4H3/t16-,17-,21?,22?,23+,25+,26-,27+,28-/m1/s1. The topological polar surface area (TPSA) is 72.5 Å². The molecule has 4 saturated heterocycles. The molecule has 4 heterocycles. The SMILES string of the molecule is COC(=O)[C@@H](O[C@H]1O[C@@H]2O[C@]3(C)CCC4[C@H](C)CCC([C@H]1C)[C@]42OO3)c1cccc2ccccc12. The first kappa shape index (κ1) is 23.4. The first-order valence-electron chi connectivity index (χ1n) is 12.8. The van der Waals surface area contributed by atoms with Crippen molar-refractivity contribution in [2.75, 3.05) is 7.11 Å². The van der Waals surface area contributed by atoms with Crippen molar-refractivity contribution in [1.29, 1.82) is 0 Å². The van der Waals surface area contributed by atoms with Crippen molar-refractivity contribution in [3.05, 3.63) is 48.0 Å². The van der Waals surface area contributed by atoms with Gasteiger partial charge in [0.1, 0.15) is 0 Å². The Morgan fingerprint density at radius 1 is 1.03 bits per heavy atom. The Labute approximate surface area is 205 Å². The van der Waals surface area contributed by atoms with E-state index < -0.39 is 36.0 Å². The molecule has 0 amide bonds. The van der Waals surface area contributed by atoms with Gasteiger partial charge in [0, 0.05) is 18.3 Å². The summed E-state index contributed by atoms with van der Waals surface area (Å²) in [5, 5.41) is 1.98. The second-order valence-electron chi connectivity index (χ2n) is 10.9. The molecule has 2 bridgehead atoms. The van der Waals surface area contributed by atoms with Gasteiger partial charge in [-0.1, -0.05) is 56.3 Å². The van der Waals surface area contributed by atoms with Gasteiger partial charge in [0.25, 0.3) is 0 Å². The number of carbonyl (C=O) groups excluding carboxylic acids is 1. The van der Waals surface area contributed by atoms with Crippen molar-refractivity contribution in [3.63, 3.8) is 0 Å². The zero-order valence-corrected chi connectivity index (χ0v) is 20.8. The monoisotopic (exact) mass is 482 g/mol. The Balaban J connectivity index is 1.37. The number of benzene rings is 2. The highest BCUT2D eigenvalue weighted by molar-refractivity contribution is 5.90. The van der Waals surface area contributed by atoms with E-state index in [0.717, 1.165) is 42.0 Å². The molecule has 0 radical (unpaired) electrons. The number of hydrogen-bond acceptors (Lipinski definition) is 7. The summed E-state index contributed by atoms with van der Waals surface area (Å²) in [4.78, 5) is 25.2. The van der Waals surface area contributed by atoms with E-state index >= 15 is 0 Å². The van der Waals surface area contributed by atoms with Crippen LogP contribution < -0.4 is 0 Å². The van der Waals surface area contributed by atoms with Crippen molar-refractivity contribution in [3.8, 4) is 0 Å². The Morgan fingerprint density at radius 3 is 2.66 bits per heavy atom. The fraction of sp³-hybridized carbons (Fsp3) is 0.607. The lowest BCUT2D eigenvalue weighted by Crippen LogP contribution is -2.70. The highest BCUT2D eigenvalue weighted by Crippen LogP contribution is 2.60. The molecule has 5 fully saturated rings. The third-order valence-electron chi connectivity index (χ3n) is 8.89. The van der Waals surface area contributed by atoms with Crippen LogP contribution in [0.15, 0.2) is 42.5 Å². The van der Waals surface area contributed by atoms with Gasteiger partial charge in [-0.25, -0.2) is 14.6 Å². The van der Waals surface area contributed by atoms with Crippen LogP contribution >= 0.6 is 0 Å². The van der Waals surface area contributed by atoms with Gasteiger partial charge in [-0.05, 0) is 54.4 Å². The maximum Gasteiger partial charge on any atom is 0.339 e. The van der Waals surface area contributed by atoms with Crippen LogP contribution in [0.2, 0.25) is 0 Å². The number of fused-ring (bicyclic) bond motifs is 3. The van der Waals surface area contributed by atoms with E-state index in [1.807, 2.05) is 49.4 Å². The molecule has 188 valence electrons. The van der Waals surface area contributed by atoms with Gasteiger partial charge in [-0.3, -0.25) is 0 Å². The summed E-state index contributed by atoms with van der Waals surface area (Å²) in [7, 11) is 1.39. The van der Waals surface area contributed by atoms with Gasteiger partial charge < -0.3 is 18.9 Å². The summed E-state index contributed by atoms with van der Waals surface area (Å²) < 4.78 is 24.7. The molecule has 7 rings (SSSR count). The summed E-state index contributed by atoms with van der Waals surface area (Å²) in [5.74, 6) is -0.497. The van der Waals surface area contributed by atoms with Gasteiger partial charge in [0.2, 0.25) is 5.79 Å². The second kappa shape index (κ2) is 8.53. The van der Waals surface area contributed by atoms with E-state index in [1.165, 1.54) is 7.11 Å². The average molecular weight is 483 g/mol. The molecule has 7 heteroatoms. The largest absolute Gasteiger partial charge is 0.467 e. The minimum absolute atomic E-state index is 0.0435. The maximum absolute atomic E-state index is 13.0. The normalized spacial score (nSPS) is 41.1. The van der Waals surface area contributed by atoms with Gasteiger partial charge >= 0.3 is 5.97 Å². The number of hydrogen-bond donors (Lipinski definition) is 0. The predicted molar refractivity (Wildman–Crippen MR) is 127 cm³/mol. The molecule has 0 aromatic heterocycles. The summed E-state index contributed by atoms with van der Waals surface area (Å²) >= 11 is 0. The van der Waals surface area contributed by atoms with Crippen LogP contribution in [0.4, 0.5) is 0 Å². The average Bonchev–Trinajstić information content (AvgIpc) is 3.10. The van der Waals surface area contributed by atoms with Crippen LogP contribution in [-0.2, 0) is 33.5 Å². The first-order chi connectivity index (χ1) is 16.9. The Hall–Kier alpha value is -2.03. The van der Waals surface area contributed by atoms with Crippen molar-refractivity contribution in [2.24, 2.45) is 23.7 Å². The van der Waals surface area contributed by atoms with E-state index in [4.69, 9.17) is 28.7 Å². The predicted octanol–water partition coefficient (Wildman–Crippen LogP) is 5.28.